The van der Waals surface area contributed by atoms with Gasteiger partial charge >= 0.3 is 5.69 Å². The molecular formula is C12H17ClN2O3. The van der Waals surface area contributed by atoms with Gasteiger partial charge in [0.15, 0.2) is 5.75 Å². The molecule has 1 aliphatic rings. The van der Waals surface area contributed by atoms with Crippen molar-refractivity contribution in [3.8, 4) is 5.75 Å². The van der Waals surface area contributed by atoms with E-state index < -0.39 is 4.92 Å². The van der Waals surface area contributed by atoms with Crippen LogP contribution in [-0.4, -0.2) is 17.1 Å². The zero-order chi connectivity index (χ0) is 12.6. The second kappa shape index (κ2) is 5.12. The lowest BCUT2D eigenvalue weighted by atomic mass is 10.1. The van der Waals surface area contributed by atoms with Gasteiger partial charge in [0.05, 0.1) is 10.5 Å². The number of hydrogen-bond acceptors (Lipinski definition) is 4. The molecule has 6 heteroatoms. The lowest BCUT2D eigenvalue weighted by Crippen LogP contribution is -2.30. The zero-order valence-corrected chi connectivity index (χ0v) is 11.3. The molecule has 18 heavy (non-hydrogen) atoms. The first-order valence-corrected chi connectivity index (χ1v) is 5.59. The highest BCUT2D eigenvalue weighted by Crippen LogP contribution is 2.36. The van der Waals surface area contributed by atoms with Gasteiger partial charge in [0, 0.05) is 6.07 Å². The molecule has 0 saturated heterocycles. The van der Waals surface area contributed by atoms with Crippen molar-refractivity contribution in [2.45, 2.75) is 32.2 Å². The Balaban J connectivity index is 0.00000162. The Morgan fingerprint density at radius 3 is 2.56 bits per heavy atom. The predicted octanol–water partition coefficient (Wildman–Crippen LogP) is 2.50. The lowest BCUT2D eigenvalue weighted by Gasteiger charge is -2.13. The highest BCUT2D eigenvalue weighted by molar-refractivity contribution is 5.85. The van der Waals surface area contributed by atoms with E-state index in [1.54, 1.807) is 0 Å². The molecule has 0 aromatic heterocycles. The molecule has 1 aromatic carbocycles. The fourth-order valence-corrected chi connectivity index (χ4v) is 1.78. The van der Waals surface area contributed by atoms with Crippen LogP contribution in [0.1, 0.15) is 24.0 Å². The first-order valence-electron chi connectivity index (χ1n) is 5.59. The molecule has 1 saturated carbocycles. The summed E-state index contributed by atoms with van der Waals surface area (Å²) in [7, 11) is 0. The highest BCUT2D eigenvalue weighted by atomic mass is 35.5. The van der Waals surface area contributed by atoms with Crippen LogP contribution in [0.15, 0.2) is 12.1 Å². The van der Waals surface area contributed by atoms with Crippen LogP contribution in [0, 0.1) is 24.0 Å². The summed E-state index contributed by atoms with van der Waals surface area (Å²) < 4.78 is 5.54. The number of nitro groups is 1. The van der Waals surface area contributed by atoms with Crippen molar-refractivity contribution in [2.24, 2.45) is 5.73 Å². The third kappa shape index (κ3) is 3.11. The van der Waals surface area contributed by atoms with E-state index in [0.717, 1.165) is 24.0 Å². The van der Waals surface area contributed by atoms with E-state index in [9.17, 15) is 10.1 Å². The molecule has 0 atom stereocenters. The lowest BCUT2D eigenvalue weighted by molar-refractivity contribution is -0.386. The summed E-state index contributed by atoms with van der Waals surface area (Å²) >= 11 is 0. The monoisotopic (exact) mass is 272 g/mol. The first-order chi connectivity index (χ1) is 7.91. The van der Waals surface area contributed by atoms with Gasteiger partial charge in [-0.15, -0.1) is 12.4 Å². The van der Waals surface area contributed by atoms with Crippen molar-refractivity contribution in [2.75, 3.05) is 6.61 Å². The molecular weight excluding hydrogens is 256 g/mol. The molecule has 1 aromatic rings. The van der Waals surface area contributed by atoms with Gasteiger partial charge in [0.1, 0.15) is 6.61 Å². The number of nitrogens with two attached hydrogens (primary N) is 1. The fourth-order valence-electron chi connectivity index (χ4n) is 1.78. The Morgan fingerprint density at radius 2 is 2.06 bits per heavy atom. The van der Waals surface area contributed by atoms with Gasteiger partial charge < -0.3 is 10.5 Å². The van der Waals surface area contributed by atoms with Gasteiger partial charge in [-0.1, -0.05) is 6.07 Å². The predicted molar refractivity (Wildman–Crippen MR) is 71.5 cm³/mol. The second-order valence-electron chi connectivity index (χ2n) is 4.84. The molecule has 0 bridgehead atoms. The van der Waals surface area contributed by atoms with Crippen LogP contribution in [0.4, 0.5) is 5.69 Å². The van der Waals surface area contributed by atoms with Crippen LogP contribution in [-0.2, 0) is 0 Å². The quantitative estimate of drug-likeness (QED) is 0.675. The summed E-state index contributed by atoms with van der Waals surface area (Å²) in [5, 5.41) is 11.0. The number of aryl methyl sites for hydroxylation is 2. The molecule has 0 heterocycles. The Bertz CT molecular complexity index is 473. The average molecular weight is 273 g/mol. The Kier molecular flexibility index (Phi) is 4.19. The normalized spacial score (nSPS) is 15.7. The largest absolute Gasteiger partial charge is 0.485 e. The van der Waals surface area contributed by atoms with E-state index >= 15 is 0 Å². The number of hydrogen-bond donors (Lipinski definition) is 1. The molecule has 0 unspecified atom stereocenters. The topological polar surface area (TPSA) is 78.4 Å². The molecule has 5 nitrogen and oxygen atoms in total. The van der Waals surface area contributed by atoms with E-state index in [4.69, 9.17) is 10.5 Å². The fraction of sp³-hybridized carbons (Fsp3) is 0.500. The second-order valence-corrected chi connectivity index (χ2v) is 4.84. The van der Waals surface area contributed by atoms with Crippen LogP contribution in [0.2, 0.25) is 0 Å². The van der Waals surface area contributed by atoms with E-state index in [2.05, 4.69) is 0 Å². The van der Waals surface area contributed by atoms with Gasteiger partial charge in [-0.25, -0.2) is 0 Å². The van der Waals surface area contributed by atoms with Crippen LogP contribution < -0.4 is 10.5 Å². The van der Waals surface area contributed by atoms with Crippen molar-refractivity contribution in [3.63, 3.8) is 0 Å². The van der Waals surface area contributed by atoms with Crippen molar-refractivity contribution in [1.29, 1.82) is 0 Å². The number of rotatable bonds is 4. The standard InChI is InChI=1S/C12H16N2O3.ClH/c1-8-5-9(2)11(10(6-8)14(15)16)17-7-12(13)3-4-12;/h5-6H,3-4,7,13H2,1-2H3;1H. The maximum absolute atomic E-state index is 11.0. The third-order valence-corrected chi connectivity index (χ3v) is 2.99. The molecule has 0 radical (unpaired) electrons. The maximum atomic E-state index is 11.0. The molecule has 1 fully saturated rings. The summed E-state index contributed by atoms with van der Waals surface area (Å²) in [6.07, 6.45) is 1.84. The summed E-state index contributed by atoms with van der Waals surface area (Å²) in [4.78, 5) is 10.5. The number of halogens is 1. The zero-order valence-electron chi connectivity index (χ0n) is 10.4. The van der Waals surface area contributed by atoms with Crippen LogP contribution in [0.25, 0.3) is 0 Å². The summed E-state index contributed by atoms with van der Waals surface area (Å²) in [6.45, 7) is 3.98. The first kappa shape index (κ1) is 14.7. The average Bonchev–Trinajstić information content (AvgIpc) is 2.94. The molecule has 2 N–H and O–H groups in total. The maximum Gasteiger partial charge on any atom is 0.311 e. The van der Waals surface area contributed by atoms with Crippen molar-refractivity contribution >= 4 is 18.1 Å². The minimum absolute atomic E-state index is 0. The van der Waals surface area contributed by atoms with Gasteiger partial charge in [0.25, 0.3) is 0 Å². The van der Waals surface area contributed by atoms with Crippen molar-refractivity contribution in [1.82, 2.24) is 0 Å². The highest BCUT2D eigenvalue weighted by Gasteiger charge is 2.39. The summed E-state index contributed by atoms with van der Waals surface area (Å²) in [5.74, 6) is 0.345. The van der Waals surface area contributed by atoms with E-state index in [-0.39, 0.29) is 23.6 Å². The Morgan fingerprint density at radius 1 is 1.44 bits per heavy atom. The summed E-state index contributed by atoms with van der Waals surface area (Å²) in [5.41, 5.74) is 7.29. The molecule has 0 spiro atoms. The van der Waals surface area contributed by atoms with Crippen molar-refractivity contribution in [3.05, 3.63) is 33.4 Å². The van der Waals surface area contributed by atoms with Gasteiger partial charge in [-0.2, -0.15) is 0 Å². The number of ether oxygens (including phenoxy) is 1. The van der Waals surface area contributed by atoms with Gasteiger partial charge in [-0.3, -0.25) is 10.1 Å². The number of nitrogens with zero attached hydrogens (tertiary/aromatic N) is 1. The molecule has 0 aliphatic heterocycles. The minimum atomic E-state index is -0.411. The number of nitro benzene ring substituents is 1. The van der Waals surface area contributed by atoms with Gasteiger partial charge in [0.2, 0.25) is 0 Å². The Labute approximate surface area is 112 Å². The minimum Gasteiger partial charge on any atom is -0.485 e. The Hall–Kier alpha value is -1.33. The molecule has 100 valence electrons. The molecule has 0 amide bonds. The van der Waals surface area contributed by atoms with E-state index in [1.807, 2.05) is 19.9 Å². The SMILES string of the molecule is Cc1cc(C)c(OCC2(N)CC2)c([N+](=O)[O-])c1.Cl. The van der Waals surface area contributed by atoms with Crippen LogP contribution in [0.3, 0.4) is 0 Å². The third-order valence-electron chi connectivity index (χ3n) is 2.99. The molecule has 2 rings (SSSR count). The number of benzene rings is 1. The van der Waals surface area contributed by atoms with Crippen LogP contribution in [0.5, 0.6) is 5.75 Å². The smallest absolute Gasteiger partial charge is 0.311 e. The van der Waals surface area contributed by atoms with E-state index in [0.29, 0.717) is 12.4 Å². The van der Waals surface area contributed by atoms with Gasteiger partial charge in [-0.05, 0) is 37.8 Å². The van der Waals surface area contributed by atoms with Crippen LogP contribution >= 0.6 is 12.4 Å². The summed E-state index contributed by atoms with van der Waals surface area (Å²) in [6, 6.07) is 3.40. The van der Waals surface area contributed by atoms with Crippen molar-refractivity contribution < 1.29 is 9.66 Å². The molecule has 1 aliphatic carbocycles. The van der Waals surface area contributed by atoms with E-state index in [1.165, 1.54) is 6.07 Å².